The zero-order valence-electron chi connectivity index (χ0n) is 14.4. The molecule has 1 heterocycles. The first-order chi connectivity index (χ1) is 12.5. The van der Waals surface area contributed by atoms with Crippen LogP contribution in [-0.4, -0.2) is 9.97 Å². The quantitative estimate of drug-likeness (QED) is 0.602. The van der Waals surface area contributed by atoms with E-state index in [2.05, 4.69) is 34.2 Å². The summed E-state index contributed by atoms with van der Waals surface area (Å²) < 4.78 is 38.5. The van der Waals surface area contributed by atoms with Crippen molar-refractivity contribution in [1.29, 1.82) is 0 Å². The Bertz CT molecular complexity index is 875. The molecule has 4 rings (SSSR count). The van der Waals surface area contributed by atoms with E-state index >= 15 is 0 Å². The molecule has 5 heteroatoms. The second-order valence-corrected chi connectivity index (χ2v) is 7.25. The number of rotatable bonds is 3. The maximum Gasteiger partial charge on any atom is 0.416 e. The molecule has 0 aliphatic heterocycles. The average Bonchev–Trinajstić information content (AvgIpc) is 3.04. The minimum Gasteiger partial charge on any atom is -0.342 e. The number of imidazole rings is 1. The van der Waals surface area contributed by atoms with Crippen LogP contribution in [0, 0.1) is 5.92 Å². The number of benzene rings is 2. The summed E-state index contributed by atoms with van der Waals surface area (Å²) in [6, 6.07) is 14.3. The van der Waals surface area contributed by atoms with E-state index in [9.17, 15) is 13.2 Å². The minimum atomic E-state index is -4.33. The molecule has 0 radical (unpaired) electrons. The predicted octanol–water partition coefficient (Wildman–Crippen LogP) is 6.10. The van der Waals surface area contributed by atoms with Crippen LogP contribution in [0.3, 0.4) is 0 Å². The Labute approximate surface area is 150 Å². The van der Waals surface area contributed by atoms with Gasteiger partial charge in [0.2, 0.25) is 0 Å². The number of aromatic amines is 1. The van der Waals surface area contributed by atoms with E-state index in [1.165, 1.54) is 11.6 Å². The zero-order valence-corrected chi connectivity index (χ0v) is 14.4. The molecule has 1 aliphatic carbocycles. The summed E-state index contributed by atoms with van der Waals surface area (Å²) in [6.45, 7) is 0. The average molecular weight is 358 g/mol. The highest BCUT2D eigenvalue weighted by Gasteiger charge is 2.31. The molecule has 0 unspecified atom stereocenters. The van der Waals surface area contributed by atoms with Gasteiger partial charge < -0.3 is 4.98 Å². The van der Waals surface area contributed by atoms with Gasteiger partial charge in [-0.05, 0) is 61.3 Å². The fourth-order valence-electron chi connectivity index (χ4n) is 4.03. The van der Waals surface area contributed by atoms with Crippen molar-refractivity contribution >= 4 is 11.0 Å². The van der Waals surface area contributed by atoms with Crippen molar-refractivity contribution < 1.29 is 13.2 Å². The van der Waals surface area contributed by atoms with Gasteiger partial charge in [-0.25, -0.2) is 4.98 Å². The zero-order chi connectivity index (χ0) is 18.1. The van der Waals surface area contributed by atoms with Crippen molar-refractivity contribution in [3.8, 4) is 0 Å². The Hall–Kier alpha value is -2.30. The van der Waals surface area contributed by atoms with Gasteiger partial charge in [-0.2, -0.15) is 13.2 Å². The van der Waals surface area contributed by atoms with Crippen molar-refractivity contribution in [3.63, 3.8) is 0 Å². The largest absolute Gasteiger partial charge is 0.416 e. The maximum absolute atomic E-state index is 12.8. The summed E-state index contributed by atoms with van der Waals surface area (Å²) in [5.74, 6) is 1.96. The first-order valence-electron chi connectivity index (χ1n) is 9.10. The van der Waals surface area contributed by atoms with Gasteiger partial charge in [0.25, 0.3) is 0 Å². The molecule has 0 amide bonds. The molecule has 2 nitrogen and oxygen atoms in total. The number of halogens is 3. The van der Waals surface area contributed by atoms with Gasteiger partial charge >= 0.3 is 6.18 Å². The van der Waals surface area contributed by atoms with E-state index in [1.54, 1.807) is 0 Å². The molecule has 0 atom stereocenters. The Morgan fingerprint density at radius 3 is 2.38 bits per heavy atom. The smallest absolute Gasteiger partial charge is 0.342 e. The van der Waals surface area contributed by atoms with E-state index in [1.807, 2.05) is 6.07 Å². The second kappa shape index (κ2) is 6.78. The van der Waals surface area contributed by atoms with Crippen LogP contribution in [0.4, 0.5) is 13.2 Å². The van der Waals surface area contributed by atoms with Gasteiger partial charge in [0.1, 0.15) is 5.82 Å². The van der Waals surface area contributed by atoms with E-state index in [4.69, 9.17) is 0 Å². The third-order valence-corrected chi connectivity index (χ3v) is 5.46. The monoisotopic (exact) mass is 358 g/mol. The molecule has 1 aromatic heterocycles. The van der Waals surface area contributed by atoms with Crippen molar-refractivity contribution in [2.24, 2.45) is 5.92 Å². The SMILES string of the molecule is FC(F)(F)c1ccc2[nH]c(CC3CCC(c4ccccc4)CC3)nc2c1. The van der Waals surface area contributed by atoms with Gasteiger partial charge in [-0.1, -0.05) is 30.3 Å². The van der Waals surface area contributed by atoms with Crippen LogP contribution in [0.2, 0.25) is 0 Å². The predicted molar refractivity (Wildman–Crippen MR) is 95.9 cm³/mol. The van der Waals surface area contributed by atoms with Crippen LogP contribution in [-0.2, 0) is 12.6 Å². The summed E-state index contributed by atoms with van der Waals surface area (Å²) in [6.07, 6.45) is 1.05. The van der Waals surface area contributed by atoms with E-state index in [0.29, 0.717) is 22.9 Å². The summed E-state index contributed by atoms with van der Waals surface area (Å²) in [5.41, 5.74) is 1.83. The normalized spacial score (nSPS) is 21.2. The van der Waals surface area contributed by atoms with Gasteiger partial charge in [-0.15, -0.1) is 0 Å². The Balaban J connectivity index is 1.42. The lowest BCUT2D eigenvalue weighted by Crippen LogP contribution is -2.15. The fraction of sp³-hybridized carbons (Fsp3) is 0.381. The van der Waals surface area contributed by atoms with Crippen molar-refractivity contribution in [1.82, 2.24) is 9.97 Å². The molecule has 0 saturated heterocycles. The van der Waals surface area contributed by atoms with E-state index in [0.717, 1.165) is 50.1 Å². The van der Waals surface area contributed by atoms with Crippen LogP contribution in [0.5, 0.6) is 0 Å². The van der Waals surface area contributed by atoms with Crippen LogP contribution in [0.25, 0.3) is 11.0 Å². The molecule has 136 valence electrons. The number of nitrogens with one attached hydrogen (secondary N) is 1. The number of hydrogen-bond donors (Lipinski definition) is 1. The van der Waals surface area contributed by atoms with Gasteiger partial charge in [0, 0.05) is 6.42 Å². The fourth-order valence-corrected chi connectivity index (χ4v) is 4.03. The standard InChI is InChI=1S/C21H21F3N2/c22-21(23,24)17-10-11-18-19(13-17)26-20(25-18)12-14-6-8-16(9-7-14)15-4-2-1-3-5-15/h1-5,10-11,13-14,16H,6-9,12H2,(H,25,26). The van der Waals surface area contributed by atoms with Crippen molar-refractivity contribution in [3.05, 3.63) is 65.5 Å². The lowest BCUT2D eigenvalue weighted by atomic mass is 9.77. The van der Waals surface area contributed by atoms with Crippen LogP contribution >= 0.6 is 0 Å². The molecule has 1 saturated carbocycles. The van der Waals surface area contributed by atoms with Gasteiger partial charge in [0.15, 0.2) is 0 Å². The number of nitrogens with zero attached hydrogens (tertiary/aromatic N) is 1. The number of alkyl halides is 3. The molecule has 2 aromatic carbocycles. The lowest BCUT2D eigenvalue weighted by Gasteiger charge is -2.28. The van der Waals surface area contributed by atoms with Gasteiger partial charge in [0.05, 0.1) is 16.6 Å². The van der Waals surface area contributed by atoms with Crippen molar-refractivity contribution in [2.45, 2.75) is 44.2 Å². The Kier molecular flexibility index (Phi) is 4.47. The minimum absolute atomic E-state index is 0.396. The van der Waals surface area contributed by atoms with Crippen LogP contribution < -0.4 is 0 Å². The molecular formula is C21H21F3N2. The van der Waals surface area contributed by atoms with Crippen LogP contribution in [0.15, 0.2) is 48.5 Å². The highest BCUT2D eigenvalue weighted by atomic mass is 19.4. The summed E-state index contributed by atoms with van der Waals surface area (Å²) in [7, 11) is 0. The Morgan fingerprint density at radius 1 is 0.962 bits per heavy atom. The molecule has 0 bridgehead atoms. The summed E-state index contributed by atoms with van der Waals surface area (Å²) >= 11 is 0. The maximum atomic E-state index is 12.8. The highest BCUT2D eigenvalue weighted by Crippen LogP contribution is 2.37. The molecule has 0 spiro atoms. The van der Waals surface area contributed by atoms with Crippen molar-refractivity contribution in [2.75, 3.05) is 0 Å². The number of H-pyrrole nitrogens is 1. The summed E-state index contributed by atoms with van der Waals surface area (Å²) in [5, 5.41) is 0. The number of fused-ring (bicyclic) bond motifs is 1. The second-order valence-electron chi connectivity index (χ2n) is 7.25. The van der Waals surface area contributed by atoms with Gasteiger partial charge in [-0.3, -0.25) is 0 Å². The number of hydrogen-bond acceptors (Lipinski definition) is 1. The lowest BCUT2D eigenvalue weighted by molar-refractivity contribution is -0.137. The number of aromatic nitrogens is 2. The summed E-state index contributed by atoms with van der Waals surface area (Å²) in [4.78, 5) is 7.59. The van der Waals surface area contributed by atoms with Crippen LogP contribution in [0.1, 0.15) is 48.6 Å². The Morgan fingerprint density at radius 2 is 1.69 bits per heavy atom. The molecule has 1 fully saturated rings. The molecule has 1 N–H and O–H groups in total. The first kappa shape index (κ1) is 17.1. The topological polar surface area (TPSA) is 28.7 Å². The molecule has 3 aromatic rings. The highest BCUT2D eigenvalue weighted by molar-refractivity contribution is 5.76. The van der Waals surface area contributed by atoms with E-state index in [-0.39, 0.29) is 0 Å². The third kappa shape index (κ3) is 3.62. The molecule has 26 heavy (non-hydrogen) atoms. The first-order valence-corrected chi connectivity index (χ1v) is 9.10. The van der Waals surface area contributed by atoms with E-state index < -0.39 is 11.7 Å². The third-order valence-electron chi connectivity index (χ3n) is 5.46. The molecule has 1 aliphatic rings. The molecular weight excluding hydrogens is 337 g/mol.